The highest BCUT2D eigenvalue weighted by molar-refractivity contribution is 7.89. The molecule has 1 aromatic rings. The first-order valence-corrected chi connectivity index (χ1v) is 8.26. The molecule has 2 aliphatic rings. The van der Waals surface area contributed by atoms with Gasteiger partial charge in [0.05, 0.1) is 23.8 Å². The third-order valence-corrected chi connectivity index (χ3v) is 5.61. The van der Waals surface area contributed by atoms with Crippen molar-refractivity contribution in [2.75, 3.05) is 18.1 Å². The molecule has 1 atom stereocenters. The number of carbonyl (C=O) groups excluding carboxylic acids is 1. The van der Waals surface area contributed by atoms with E-state index < -0.39 is 15.3 Å². The van der Waals surface area contributed by atoms with Gasteiger partial charge in [0.15, 0.2) is 5.13 Å². The maximum Gasteiger partial charge on any atom is 0.230 e. The summed E-state index contributed by atoms with van der Waals surface area (Å²) in [4.78, 5) is 18.7. The van der Waals surface area contributed by atoms with E-state index in [0.717, 1.165) is 17.0 Å². The van der Waals surface area contributed by atoms with E-state index in [1.807, 2.05) is 0 Å². The monoisotopic (exact) mass is 303 g/mol. The zero-order chi connectivity index (χ0) is 13.6. The molecule has 1 amide bonds. The number of ether oxygens (including phenoxy) is 1. The molecule has 9 heteroatoms. The number of hydrogen-bond donors (Lipinski definition) is 1. The van der Waals surface area contributed by atoms with Gasteiger partial charge in [-0.3, -0.25) is 9.69 Å². The second-order valence-corrected chi connectivity index (χ2v) is 7.50. The van der Waals surface area contributed by atoms with Crippen molar-refractivity contribution in [2.24, 2.45) is 5.14 Å². The molecule has 1 unspecified atom stereocenters. The van der Waals surface area contributed by atoms with Gasteiger partial charge in [0.25, 0.3) is 0 Å². The van der Waals surface area contributed by atoms with Crippen LogP contribution in [0.5, 0.6) is 0 Å². The Hall–Kier alpha value is -1.03. The molecular weight excluding hydrogens is 290 g/mol. The van der Waals surface area contributed by atoms with E-state index in [9.17, 15) is 13.2 Å². The minimum absolute atomic E-state index is 0.0699. The fourth-order valence-corrected chi connectivity index (χ4v) is 4.01. The lowest BCUT2D eigenvalue weighted by Gasteiger charge is -2.11. The first kappa shape index (κ1) is 13.0. The fourth-order valence-electron chi connectivity index (χ4n) is 2.21. The highest BCUT2D eigenvalue weighted by Crippen LogP contribution is 2.32. The van der Waals surface area contributed by atoms with E-state index in [1.165, 1.54) is 16.2 Å². The van der Waals surface area contributed by atoms with E-state index in [0.29, 0.717) is 18.3 Å². The number of nitrogens with two attached hydrogens (primary N) is 1. The Morgan fingerprint density at radius 1 is 1.47 bits per heavy atom. The van der Waals surface area contributed by atoms with Crippen LogP contribution in [0.15, 0.2) is 0 Å². The number of carbonyl (C=O) groups is 1. The van der Waals surface area contributed by atoms with Gasteiger partial charge in [-0.15, -0.1) is 0 Å². The number of aromatic nitrogens is 1. The smallest absolute Gasteiger partial charge is 0.230 e. The van der Waals surface area contributed by atoms with Gasteiger partial charge in [0.2, 0.25) is 15.9 Å². The number of anilines is 1. The molecule has 3 heterocycles. The highest BCUT2D eigenvalue weighted by atomic mass is 32.2. The molecule has 2 aliphatic heterocycles. The molecule has 0 spiro atoms. The normalized spacial score (nSPS) is 23.7. The largest absolute Gasteiger partial charge is 0.375 e. The van der Waals surface area contributed by atoms with E-state index >= 15 is 0 Å². The summed E-state index contributed by atoms with van der Waals surface area (Å²) in [6, 6.07) is 0. The minimum Gasteiger partial charge on any atom is -0.375 e. The second-order valence-electron chi connectivity index (χ2n) is 4.59. The van der Waals surface area contributed by atoms with E-state index in [4.69, 9.17) is 9.88 Å². The summed E-state index contributed by atoms with van der Waals surface area (Å²) in [5.74, 6) is -0.244. The summed E-state index contributed by atoms with van der Waals surface area (Å²) >= 11 is 1.38. The minimum atomic E-state index is -3.69. The number of sulfonamides is 1. The molecule has 104 valence electrons. The number of fused-ring (bicyclic) bond motifs is 1. The predicted molar refractivity (Wildman–Crippen MR) is 69.3 cm³/mol. The Morgan fingerprint density at radius 3 is 2.89 bits per heavy atom. The Bertz CT molecular complexity index is 601. The molecule has 7 nitrogen and oxygen atoms in total. The molecular formula is C10H13N3O4S2. The second kappa shape index (κ2) is 4.51. The quantitative estimate of drug-likeness (QED) is 0.801. The van der Waals surface area contributed by atoms with Crippen molar-refractivity contribution in [3.63, 3.8) is 0 Å². The third-order valence-electron chi connectivity index (χ3n) is 3.27. The van der Waals surface area contributed by atoms with Gasteiger partial charge in [0.1, 0.15) is 5.25 Å². The van der Waals surface area contributed by atoms with Gasteiger partial charge < -0.3 is 4.74 Å². The Labute approximate surface area is 114 Å². The van der Waals surface area contributed by atoms with Gasteiger partial charge in [0, 0.05) is 19.4 Å². The van der Waals surface area contributed by atoms with Crippen LogP contribution in [0.25, 0.3) is 0 Å². The highest BCUT2D eigenvalue weighted by Gasteiger charge is 2.38. The number of primary sulfonamides is 1. The molecule has 1 fully saturated rings. The van der Waals surface area contributed by atoms with Crippen molar-refractivity contribution < 1.29 is 17.9 Å². The van der Waals surface area contributed by atoms with E-state index in [-0.39, 0.29) is 18.9 Å². The molecule has 0 bridgehead atoms. The van der Waals surface area contributed by atoms with Crippen molar-refractivity contribution in [3.8, 4) is 0 Å². The average molecular weight is 303 g/mol. The Balaban J connectivity index is 1.87. The number of amides is 1. The number of hydrogen-bond acceptors (Lipinski definition) is 6. The van der Waals surface area contributed by atoms with E-state index in [2.05, 4.69) is 4.98 Å². The van der Waals surface area contributed by atoms with Crippen LogP contribution in [-0.2, 0) is 32.6 Å². The van der Waals surface area contributed by atoms with Gasteiger partial charge >= 0.3 is 0 Å². The third kappa shape index (κ3) is 2.38. The van der Waals surface area contributed by atoms with E-state index in [1.54, 1.807) is 0 Å². The van der Waals surface area contributed by atoms with Crippen LogP contribution in [0, 0.1) is 0 Å². The molecule has 19 heavy (non-hydrogen) atoms. The van der Waals surface area contributed by atoms with Gasteiger partial charge in [-0.2, -0.15) is 0 Å². The molecule has 1 saturated heterocycles. The maximum absolute atomic E-state index is 11.9. The van der Waals surface area contributed by atoms with Crippen LogP contribution in [-0.4, -0.2) is 37.7 Å². The average Bonchev–Trinajstić information content (AvgIpc) is 2.90. The SMILES string of the molecule is NS(=O)(=O)C1CC(=O)N(c2nc3c(s2)COCC3)C1. The molecule has 3 rings (SSSR count). The number of rotatable bonds is 2. The summed E-state index contributed by atoms with van der Waals surface area (Å²) in [7, 11) is -3.69. The number of nitrogens with zero attached hydrogens (tertiary/aromatic N) is 2. The lowest BCUT2D eigenvalue weighted by Crippen LogP contribution is -2.32. The van der Waals surface area contributed by atoms with Crippen LogP contribution in [0.4, 0.5) is 5.13 Å². The fraction of sp³-hybridized carbons (Fsp3) is 0.600. The first-order chi connectivity index (χ1) is 8.95. The summed E-state index contributed by atoms with van der Waals surface area (Å²) in [5.41, 5.74) is 0.943. The Morgan fingerprint density at radius 2 is 2.26 bits per heavy atom. The predicted octanol–water partition coefficient (Wildman–Crippen LogP) is -0.390. The summed E-state index contributed by atoms with van der Waals surface area (Å²) in [5, 5.41) is 4.81. The molecule has 0 radical (unpaired) electrons. The molecule has 0 aliphatic carbocycles. The topological polar surface area (TPSA) is 103 Å². The summed E-state index contributed by atoms with van der Waals surface area (Å²) in [6.07, 6.45) is 0.659. The van der Waals surface area contributed by atoms with Crippen molar-refractivity contribution in [1.82, 2.24) is 4.98 Å². The summed E-state index contributed by atoms with van der Waals surface area (Å²) in [6.45, 7) is 1.22. The van der Waals surface area contributed by atoms with Crippen molar-refractivity contribution >= 4 is 32.4 Å². The van der Waals surface area contributed by atoms with Gasteiger partial charge in [-0.1, -0.05) is 11.3 Å². The van der Waals surface area contributed by atoms with Crippen LogP contribution in [0.3, 0.4) is 0 Å². The zero-order valence-electron chi connectivity index (χ0n) is 10.0. The zero-order valence-corrected chi connectivity index (χ0v) is 11.7. The van der Waals surface area contributed by atoms with Crippen LogP contribution in [0.1, 0.15) is 17.0 Å². The summed E-state index contributed by atoms with van der Waals surface area (Å²) < 4.78 is 27.9. The van der Waals surface area contributed by atoms with Crippen molar-refractivity contribution in [2.45, 2.75) is 24.7 Å². The maximum atomic E-state index is 11.9. The van der Waals surface area contributed by atoms with Crippen LogP contribution < -0.4 is 10.0 Å². The molecule has 0 aromatic carbocycles. The van der Waals surface area contributed by atoms with Crippen molar-refractivity contribution in [3.05, 3.63) is 10.6 Å². The first-order valence-electron chi connectivity index (χ1n) is 5.83. The molecule has 0 saturated carbocycles. The lowest BCUT2D eigenvalue weighted by molar-refractivity contribution is -0.117. The van der Waals surface area contributed by atoms with Crippen molar-refractivity contribution in [1.29, 1.82) is 0 Å². The molecule has 2 N–H and O–H groups in total. The van der Waals surface area contributed by atoms with Gasteiger partial charge in [-0.25, -0.2) is 18.5 Å². The number of thiazole rings is 1. The Kier molecular flexibility index (Phi) is 3.08. The molecule has 1 aromatic heterocycles. The standard InChI is InChI=1S/C10H13N3O4S2/c11-19(15,16)6-3-9(14)13(4-6)10-12-7-1-2-17-5-8(7)18-10/h6H,1-5H2,(H2,11,15,16). The van der Waals surface area contributed by atoms with Gasteiger partial charge in [-0.05, 0) is 0 Å². The van der Waals surface area contributed by atoms with Crippen LogP contribution in [0.2, 0.25) is 0 Å². The van der Waals surface area contributed by atoms with Crippen LogP contribution >= 0.6 is 11.3 Å². The lowest BCUT2D eigenvalue weighted by atomic mass is 10.2.